The minimum Gasteiger partial charge on any atom is -0.478 e. The highest BCUT2D eigenvalue weighted by Crippen LogP contribution is 2.22. The number of aromatic carboxylic acids is 1. The molecule has 21 heavy (non-hydrogen) atoms. The van der Waals surface area contributed by atoms with Crippen molar-refractivity contribution in [3.05, 3.63) is 62.3 Å². The molecule has 0 heterocycles. The van der Waals surface area contributed by atoms with E-state index in [2.05, 4.69) is 37.2 Å². The van der Waals surface area contributed by atoms with Gasteiger partial charge in [-0.25, -0.2) is 9.18 Å². The normalized spacial score (nSPS) is 10.2. The van der Waals surface area contributed by atoms with Gasteiger partial charge in [0.2, 0.25) is 0 Å². The zero-order valence-electron chi connectivity index (χ0n) is 10.4. The molecular formula is C14H8Br2FNO3. The maximum absolute atomic E-state index is 13.7. The molecule has 0 aliphatic rings. The minimum atomic E-state index is -1.23. The quantitative estimate of drug-likeness (QED) is 0.783. The molecule has 0 radical (unpaired) electrons. The molecule has 2 N–H and O–H groups in total. The average Bonchev–Trinajstić information content (AvgIpc) is 2.39. The van der Waals surface area contributed by atoms with Crippen molar-refractivity contribution in [3.63, 3.8) is 0 Å². The SMILES string of the molecule is O=C(O)c1ccc(NC(=O)c2cc(Br)cc(Br)c2)c(F)c1. The first-order chi connectivity index (χ1) is 9.86. The third-order valence-corrected chi connectivity index (χ3v) is 3.50. The van der Waals surface area contributed by atoms with Gasteiger partial charge in [-0.15, -0.1) is 0 Å². The standard InChI is InChI=1S/C14H8Br2FNO3/c15-9-3-8(4-10(16)6-9)13(19)18-12-2-1-7(14(20)21)5-11(12)17/h1-6H,(H,18,19)(H,20,21). The van der Waals surface area contributed by atoms with Crippen LogP contribution in [0.3, 0.4) is 0 Å². The van der Waals surface area contributed by atoms with Gasteiger partial charge >= 0.3 is 5.97 Å². The van der Waals surface area contributed by atoms with Crippen molar-refractivity contribution in [1.82, 2.24) is 0 Å². The number of anilines is 1. The maximum Gasteiger partial charge on any atom is 0.335 e. The van der Waals surface area contributed by atoms with Crippen molar-refractivity contribution in [3.8, 4) is 0 Å². The summed E-state index contributed by atoms with van der Waals surface area (Å²) < 4.78 is 15.1. The molecule has 0 saturated carbocycles. The van der Waals surface area contributed by atoms with Crippen molar-refractivity contribution in [2.45, 2.75) is 0 Å². The first-order valence-corrected chi connectivity index (χ1v) is 7.25. The summed E-state index contributed by atoms with van der Waals surface area (Å²) in [6, 6.07) is 8.22. The summed E-state index contributed by atoms with van der Waals surface area (Å²) in [5.74, 6) is -2.54. The van der Waals surface area contributed by atoms with E-state index in [4.69, 9.17) is 5.11 Å². The Kier molecular flexibility index (Phi) is 4.74. The van der Waals surface area contributed by atoms with Crippen LogP contribution in [0.1, 0.15) is 20.7 Å². The van der Waals surface area contributed by atoms with Gasteiger partial charge in [-0.3, -0.25) is 4.79 Å². The molecule has 2 aromatic rings. The van der Waals surface area contributed by atoms with Crippen LogP contribution in [0.5, 0.6) is 0 Å². The number of hydrogen-bond donors (Lipinski definition) is 2. The monoisotopic (exact) mass is 415 g/mol. The Bertz CT molecular complexity index is 714. The Hall–Kier alpha value is -1.73. The fraction of sp³-hybridized carbons (Fsp3) is 0. The first-order valence-electron chi connectivity index (χ1n) is 5.67. The molecule has 0 saturated heterocycles. The minimum absolute atomic E-state index is 0.0823. The fourth-order valence-corrected chi connectivity index (χ4v) is 2.92. The highest BCUT2D eigenvalue weighted by molar-refractivity contribution is 9.11. The fourth-order valence-electron chi connectivity index (χ4n) is 1.63. The van der Waals surface area contributed by atoms with E-state index < -0.39 is 17.7 Å². The second kappa shape index (κ2) is 6.36. The number of amides is 1. The highest BCUT2D eigenvalue weighted by Gasteiger charge is 2.13. The number of benzene rings is 2. The summed E-state index contributed by atoms with van der Waals surface area (Å²) >= 11 is 6.51. The molecule has 0 aromatic heterocycles. The molecule has 0 spiro atoms. The number of carboxylic acid groups (broad SMARTS) is 1. The van der Waals surface area contributed by atoms with Crippen molar-refractivity contribution in [2.24, 2.45) is 0 Å². The number of hydrogen-bond acceptors (Lipinski definition) is 2. The predicted octanol–water partition coefficient (Wildman–Crippen LogP) is 4.30. The molecule has 0 bridgehead atoms. The molecule has 0 aliphatic heterocycles. The van der Waals surface area contributed by atoms with Crippen LogP contribution in [0.4, 0.5) is 10.1 Å². The molecule has 0 fully saturated rings. The lowest BCUT2D eigenvalue weighted by atomic mass is 10.1. The molecule has 1 amide bonds. The van der Waals surface area contributed by atoms with Crippen molar-refractivity contribution in [1.29, 1.82) is 0 Å². The van der Waals surface area contributed by atoms with E-state index in [1.165, 1.54) is 12.1 Å². The average molecular weight is 417 g/mol. The van der Waals surface area contributed by atoms with Gasteiger partial charge in [0, 0.05) is 14.5 Å². The van der Waals surface area contributed by atoms with Gasteiger partial charge in [0.05, 0.1) is 11.3 Å². The number of carboxylic acids is 1. The Morgan fingerprint density at radius 2 is 1.62 bits per heavy atom. The van der Waals surface area contributed by atoms with E-state index in [1.807, 2.05) is 0 Å². The zero-order chi connectivity index (χ0) is 15.6. The molecule has 0 unspecified atom stereocenters. The third kappa shape index (κ3) is 3.89. The largest absolute Gasteiger partial charge is 0.478 e. The van der Waals surface area contributed by atoms with Gasteiger partial charge in [-0.2, -0.15) is 0 Å². The summed E-state index contributed by atoms with van der Waals surface area (Å²) in [6.45, 7) is 0. The van der Waals surface area contributed by atoms with E-state index >= 15 is 0 Å². The smallest absolute Gasteiger partial charge is 0.335 e. The topological polar surface area (TPSA) is 66.4 Å². The van der Waals surface area contributed by atoms with Gasteiger partial charge in [0.1, 0.15) is 5.82 Å². The summed E-state index contributed by atoms with van der Waals surface area (Å²) in [6.07, 6.45) is 0. The Morgan fingerprint density at radius 1 is 1.00 bits per heavy atom. The third-order valence-electron chi connectivity index (χ3n) is 2.59. The van der Waals surface area contributed by atoms with E-state index in [-0.39, 0.29) is 11.3 Å². The highest BCUT2D eigenvalue weighted by atomic mass is 79.9. The molecule has 108 valence electrons. The molecular weight excluding hydrogens is 409 g/mol. The van der Waals surface area contributed by atoms with Crippen LogP contribution in [0.25, 0.3) is 0 Å². The second-order valence-corrected chi connectivity index (χ2v) is 5.94. The molecule has 4 nitrogen and oxygen atoms in total. The Labute approximate surface area is 136 Å². The number of nitrogens with one attached hydrogen (secondary N) is 1. The van der Waals surface area contributed by atoms with Crippen LogP contribution >= 0.6 is 31.9 Å². The number of carbonyl (C=O) groups excluding carboxylic acids is 1. The van der Waals surface area contributed by atoms with Crippen LogP contribution in [0.15, 0.2) is 45.3 Å². The van der Waals surface area contributed by atoms with E-state index in [0.29, 0.717) is 14.5 Å². The van der Waals surface area contributed by atoms with Crippen LogP contribution in [-0.4, -0.2) is 17.0 Å². The lowest BCUT2D eigenvalue weighted by Gasteiger charge is -2.08. The van der Waals surface area contributed by atoms with Crippen LogP contribution < -0.4 is 5.32 Å². The van der Waals surface area contributed by atoms with E-state index in [1.54, 1.807) is 18.2 Å². The van der Waals surface area contributed by atoms with Gasteiger partial charge in [-0.1, -0.05) is 31.9 Å². The van der Waals surface area contributed by atoms with Gasteiger partial charge in [0.15, 0.2) is 0 Å². The van der Waals surface area contributed by atoms with Crippen molar-refractivity contribution in [2.75, 3.05) is 5.32 Å². The van der Waals surface area contributed by atoms with Crippen LogP contribution in [-0.2, 0) is 0 Å². The van der Waals surface area contributed by atoms with Crippen molar-refractivity contribution >= 4 is 49.4 Å². The maximum atomic E-state index is 13.7. The first kappa shape index (κ1) is 15.7. The van der Waals surface area contributed by atoms with Crippen LogP contribution in [0, 0.1) is 5.82 Å². The molecule has 2 rings (SSSR count). The van der Waals surface area contributed by atoms with E-state index in [0.717, 1.165) is 6.07 Å². The Morgan fingerprint density at radius 3 is 2.14 bits per heavy atom. The van der Waals surface area contributed by atoms with Gasteiger partial charge < -0.3 is 10.4 Å². The summed E-state index contributed by atoms with van der Waals surface area (Å²) in [5.41, 5.74) is 0.0646. The zero-order valence-corrected chi connectivity index (χ0v) is 13.5. The summed E-state index contributed by atoms with van der Waals surface area (Å²) in [7, 11) is 0. The lowest BCUT2D eigenvalue weighted by Crippen LogP contribution is -2.13. The van der Waals surface area contributed by atoms with Gasteiger partial charge in [0.25, 0.3) is 5.91 Å². The number of rotatable bonds is 3. The molecule has 7 heteroatoms. The predicted molar refractivity (Wildman–Crippen MR) is 83.2 cm³/mol. The number of halogens is 3. The van der Waals surface area contributed by atoms with E-state index in [9.17, 15) is 14.0 Å². The van der Waals surface area contributed by atoms with Crippen LogP contribution in [0.2, 0.25) is 0 Å². The molecule has 0 aliphatic carbocycles. The van der Waals surface area contributed by atoms with Crippen molar-refractivity contribution < 1.29 is 19.1 Å². The lowest BCUT2D eigenvalue weighted by molar-refractivity contribution is 0.0696. The second-order valence-electron chi connectivity index (χ2n) is 4.11. The summed E-state index contributed by atoms with van der Waals surface area (Å²) in [5, 5.41) is 11.2. The number of carbonyl (C=O) groups is 2. The van der Waals surface area contributed by atoms with Gasteiger partial charge in [-0.05, 0) is 36.4 Å². The molecule has 0 atom stereocenters. The Balaban J connectivity index is 2.25. The summed E-state index contributed by atoms with van der Waals surface area (Å²) in [4.78, 5) is 22.8. The molecule has 2 aromatic carbocycles.